The van der Waals surface area contributed by atoms with Crippen LogP contribution in [0.4, 0.5) is 5.82 Å². The number of methoxy groups -OCH3 is 1. The molecule has 0 bridgehead atoms. The Kier molecular flexibility index (Phi) is 5.08. The van der Waals surface area contributed by atoms with Gasteiger partial charge in [0.2, 0.25) is 0 Å². The smallest absolute Gasteiger partial charge is 0.266 e. The van der Waals surface area contributed by atoms with Gasteiger partial charge in [-0.3, -0.25) is 4.79 Å². The van der Waals surface area contributed by atoms with E-state index >= 15 is 0 Å². The number of pyridine rings is 1. The molecular weight excluding hydrogens is 324 g/mol. The van der Waals surface area contributed by atoms with E-state index in [-0.39, 0.29) is 5.91 Å². The number of hydrogen-bond acceptors (Lipinski definition) is 5. The number of amides is 1. The van der Waals surface area contributed by atoms with Gasteiger partial charge in [0, 0.05) is 11.8 Å². The molecule has 1 amide bonds. The van der Waals surface area contributed by atoms with E-state index in [1.54, 1.807) is 25.4 Å². The summed E-state index contributed by atoms with van der Waals surface area (Å²) in [6, 6.07) is 14.6. The number of anilines is 1. The number of aromatic nitrogens is 1. The standard InChI is InChI=1S/C18H16N2O3S/c1-22-14-5-7-15(8-6-14)23-11-13-10-16(24-12-13)18(21)20-17-4-2-3-9-19-17/h2-10,12H,11H2,1H3,(H,19,20,21). The van der Waals surface area contributed by atoms with Gasteiger partial charge in [-0.2, -0.15) is 0 Å². The van der Waals surface area contributed by atoms with Gasteiger partial charge in [-0.15, -0.1) is 11.3 Å². The number of hydrogen-bond donors (Lipinski definition) is 1. The number of carbonyl (C=O) groups excluding carboxylic acids is 1. The lowest BCUT2D eigenvalue weighted by atomic mass is 10.3. The average Bonchev–Trinajstić information content (AvgIpc) is 3.10. The second kappa shape index (κ2) is 7.61. The molecule has 0 fully saturated rings. The number of thiophene rings is 1. The third-order valence-electron chi connectivity index (χ3n) is 3.25. The number of ether oxygens (including phenoxy) is 2. The van der Waals surface area contributed by atoms with Crippen molar-refractivity contribution in [3.63, 3.8) is 0 Å². The SMILES string of the molecule is COc1ccc(OCc2csc(C(=O)Nc3ccccn3)c2)cc1. The summed E-state index contributed by atoms with van der Waals surface area (Å²) in [5.41, 5.74) is 0.946. The van der Waals surface area contributed by atoms with Gasteiger partial charge in [0.15, 0.2) is 0 Å². The lowest BCUT2D eigenvalue weighted by molar-refractivity contribution is 0.103. The molecule has 0 saturated carbocycles. The summed E-state index contributed by atoms with van der Waals surface area (Å²) in [7, 11) is 1.62. The predicted octanol–water partition coefficient (Wildman–Crippen LogP) is 3.98. The molecule has 0 saturated heterocycles. The van der Waals surface area contributed by atoms with Gasteiger partial charge in [0.1, 0.15) is 23.9 Å². The van der Waals surface area contributed by atoms with E-state index in [1.807, 2.05) is 41.8 Å². The molecule has 122 valence electrons. The predicted molar refractivity (Wildman–Crippen MR) is 93.8 cm³/mol. The zero-order chi connectivity index (χ0) is 16.8. The largest absolute Gasteiger partial charge is 0.497 e. The Hall–Kier alpha value is -2.86. The molecule has 0 atom stereocenters. The monoisotopic (exact) mass is 340 g/mol. The first-order valence-electron chi connectivity index (χ1n) is 7.31. The number of benzene rings is 1. The summed E-state index contributed by atoms with van der Waals surface area (Å²) in [5.74, 6) is 1.90. The van der Waals surface area contributed by atoms with E-state index in [9.17, 15) is 4.79 Å². The van der Waals surface area contributed by atoms with Crippen molar-refractivity contribution in [1.29, 1.82) is 0 Å². The fraction of sp³-hybridized carbons (Fsp3) is 0.111. The second-order valence-electron chi connectivity index (χ2n) is 4.95. The number of carbonyl (C=O) groups is 1. The fourth-order valence-electron chi connectivity index (χ4n) is 2.02. The average molecular weight is 340 g/mol. The topological polar surface area (TPSA) is 60.5 Å². The molecule has 2 heterocycles. The quantitative estimate of drug-likeness (QED) is 0.737. The summed E-state index contributed by atoms with van der Waals surface area (Å²) in [5, 5.41) is 4.68. The van der Waals surface area contributed by atoms with Crippen LogP contribution in [0.5, 0.6) is 11.5 Å². The highest BCUT2D eigenvalue weighted by atomic mass is 32.1. The van der Waals surface area contributed by atoms with Crippen LogP contribution in [0.25, 0.3) is 0 Å². The van der Waals surface area contributed by atoms with Crippen molar-refractivity contribution in [3.8, 4) is 11.5 Å². The minimum atomic E-state index is -0.172. The molecule has 0 aliphatic rings. The molecule has 1 aromatic carbocycles. The zero-order valence-electron chi connectivity index (χ0n) is 13.1. The van der Waals surface area contributed by atoms with Gasteiger partial charge >= 0.3 is 0 Å². The molecule has 3 rings (SSSR count). The molecule has 5 nitrogen and oxygen atoms in total. The van der Waals surface area contributed by atoms with Crippen LogP contribution in [0.1, 0.15) is 15.2 Å². The lowest BCUT2D eigenvalue weighted by Crippen LogP contribution is -2.11. The summed E-state index contributed by atoms with van der Waals surface area (Å²) >= 11 is 1.38. The van der Waals surface area contributed by atoms with Gasteiger partial charge in [0.25, 0.3) is 5.91 Å². The van der Waals surface area contributed by atoms with Gasteiger partial charge in [0.05, 0.1) is 12.0 Å². The minimum absolute atomic E-state index is 0.172. The molecule has 0 unspecified atom stereocenters. The third kappa shape index (κ3) is 4.11. The van der Waals surface area contributed by atoms with Gasteiger partial charge in [-0.05, 0) is 47.8 Å². The van der Waals surface area contributed by atoms with E-state index in [4.69, 9.17) is 9.47 Å². The molecule has 0 spiro atoms. The molecule has 3 aromatic rings. The third-order valence-corrected chi connectivity index (χ3v) is 4.23. The molecule has 0 radical (unpaired) electrons. The van der Waals surface area contributed by atoms with E-state index in [0.717, 1.165) is 17.1 Å². The van der Waals surface area contributed by atoms with Gasteiger partial charge in [-0.1, -0.05) is 6.07 Å². The summed E-state index contributed by atoms with van der Waals surface area (Å²) < 4.78 is 10.8. The highest BCUT2D eigenvalue weighted by molar-refractivity contribution is 7.12. The highest BCUT2D eigenvalue weighted by Gasteiger charge is 2.10. The molecule has 2 aromatic heterocycles. The molecule has 6 heteroatoms. The van der Waals surface area contributed by atoms with E-state index in [2.05, 4.69) is 10.3 Å². The Morgan fingerprint density at radius 3 is 2.67 bits per heavy atom. The maximum atomic E-state index is 12.2. The van der Waals surface area contributed by atoms with Crippen LogP contribution in [0.15, 0.2) is 60.1 Å². The maximum Gasteiger partial charge on any atom is 0.266 e. The molecular formula is C18H16N2O3S. The van der Waals surface area contributed by atoms with Crippen molar-refractivity contribution in [2.24, 2.45) is 0 Å². The van der Waals surface area contributed by atoms with Crippen LogP contribution in [-0.2, 0) is 6.61 Å². The van der Waals surface area contributed by atoms with E-state index in [0.29, 0.717) is 17.3 Å². The number of nitrogens with one attached hydrogen (secondary N) is 1. The van der Waals surface area contributed by atoms with Crippen molar-refractivity contribution in [2.75, 3.05) is 12.4 Å². The molecule has 1 N–H and O–H groups in total. The maximum absolute atomic E-state index is 12.2. The summed E-state index contributed by atoms with van der Waals surface area (Å²) in [4.78, 5) is 16.9. The summed E-state index contributed by atoms with van der Waals surface area (Å²) in [6.07, 6.45) is 1.64. The minimum Gasteiger partial charge on any atom is -0.497 e. The van der Waals surface area contributed by atoms with Crippen LogP contribution in [0.3, 0.4) is 0 Å². The van der Waals surface area contributed by atoms with Crippen LogP contribution < -0.4 is 14.8 Å². The Labute approximate surface area is 143 Å². The Bertz CT molecular complexity index is 801. The normalized spacial score (nSPS) is 10.2. The van der Waals surface area contributed by atoms with Crippen molar-refractivity contribution in [1.82, 2.24) is 4.98 Å². The fourth-order valence-corrected chi connectivity index (χ4v) is 2.82. The molecule has 24 heavy (non-hydrogen) atoms. The van der Waals surface area contributed by atoms with Crippen molar-refractivity contribution < 1.29 is 14.3 Å². The summed E-state index contributed by atoms with van der Waals surface area (Å²) in [6.45, 7) is 0.402. The Morgan fingerprint density at radius 2 is 1.96 bits per heavy atom. The lowest BCUT2D eigenvalue weighted by Gasteiger charge is -2.05. The zero-order valence-corrected chi connectivity index (χ0v) is 13.9. The van der Waals surface area contributed by atoms with Crippen LogP contribution in [0.2, 0.25) is 0 Å². The highest BCUT2D eigenvalue weighted by Crippen LogP contribution is 2.21. The van der Waals surface area contributed by atoms with Crippen molar-refractivity contribution in [3.05, 3.63) is 70.5 Å². The van der Waals surface area contributed by atoms with Crippen LogP contribution in [0, 0.1) is 0 Å². The molecule has 0 aliphatic carbocycles. The van der Waals surface area contributed by atoms with E-state index < -0.39 is 0 Å². The first-order chi connectivity index (χ1) is 11.7. The van der Waals surface area contributed by atoms with Gasteiger partial charge in [-0.25, -0.2) is 4.98 Å². The molecule has 0 aliphatic heterocycles. The first-order valence-corrected chi connectivity index (χ1v) is 8.19. The van der Waals surface area contributed by atoms with Crippen molar-refractivity contribution in [2.45, 2.75) is 6.61 Å². The number of nitrogens with zero attached hydrogens (tertiary/aromatic N) is 1. The van der Waals surface area contributed by atoms with Crippen molar-refractivity contribution >= 4 is 23.1 Å². The van der Waals surface area contributed by atoms with Gasteiger partial charge < -0.3 is 14.8 Å². The second-order valence-corrected chi connectivity index (χ2v) is 5.86. The van der Waals surface area contributed by atoms with Crippen LogP contribution in [-0.4, -0.2) is 18.0 Å². The first kappa shape index (κ1) is 16.0. The number of rotatable bonds is 6. The Balaban J connectivity index is 1.57. The van der Waals surface area contributed by atoms with Crippen LogP contribution >= 0.6 is 11.3 Å². The Morgan fingerprint density at radius 1 is 1.17 bits per heavy atom. The van der Waals surface area contributed by atoms with E-state index in [1.165, 1.54) is 11.3 Å².